The van der Waals surface area contributed by atoms with Crippen molar-refractivity contribution in [3.05, 3.63) is 138 Å². The van der Waals surface area contributed by atoms with Crippen LogP contribution in [-0.4, -0.2) is 68.2 Å². The number of fused-ring (bicyclic) bond motifs is 1. The Labute approximate surface area is 357 Å². The topological polar surface area (TPSA) is 172 Å². The maximum atomic E-state index is 14.2. The fraction of sp³-hybridized carbons (Fsp3) is 0.277. The Hall–Kier alpha value is -7.26. The van der Waals surface area contributed by atoms with Crippen molar-refractivity contribution in [3.8, 4) is 6.01 Å². The summed E-state index contributed by atoms with van der Waals surface area (Å²) < 4.78 is 25.6. The molecule has 0 bridgehead atoms. The molecule has 0 aliphatic carbocycles. The molecule has 2 fully saturated rings. The van der Waals surface area contributed by atoms with E-state index >= 15 is 0 Å². The highest BCUT2D eigenvalue weighted by molar-refractivity contribution is 6.26. The molecule has 0 N–H and O–H groups in total. The Balaban J connectivity index is 1.18. The van der Waals surface area contributed by atoms with E-state index in [1.807, 2.05) is 26.0 Å². The van der Waals surface area contributed by atoms with Crippen molar-refractivity contribution >= 4 is 58.2 Å². The van der Waals surface area contributed by atoms with Crippen molar-refractivity contribution in [3.63, 3.8) is 0 Å². The normalized spacial score (nSPS) is 19.1. The summed E-state index contributed by atoms with van der Waals surface area (Å²) in [5.74, 6) is -2.47. The predicted molar refractivity (Wildman–Crippen MR) is 227 cm³/mol. The summed E-state index contributed by atoms with van der Waals surface area (Å²) in [7, 11) is 0. The van der Waals surface area contributed by atoms with Gasteiger partial charge in [0.05, 0.1) is 39.7 Å². The van der Waals surface area contributed by atoms with Crippen LogP contribution in [0.5, 0.6) is 6.01 Å². The second-order valence-electron chi connectivity index (χ2n) is 16.4. The van der Waals surface area contributed by atoms with Crippen LogP contribution in [-0.2, 0) is 23.8 Å². The first kappa shape index (κ1) is 41.5. The van der Waals surface area contributed by atoms with Crippen LogP contribution in [0.15, 0.2) is 116 Å². The van der Waals surface area contributed by atoms with Crippen LogP contribution in [0.25, 0.3) is 11.2 Å². The van der Waals surface area contributed by atoms with Gasteiger partial charge in [-0.1, -0.05) is 71.8 Å². The van der Waals surface area contributed by atoms with E-state index in [1.165, 1.54) is 15.8 Å². The molecule has 2 aromatic heterocycles. The minimum Gasteiger partial charge on any atom is -0.459 e. The lowest BCUT2D eigenvalue weighted by Gasteiger charge is -2.28. The molecule has 15 heteroatoms. The molecule has 2 aliphatic heterocycles. The minimum absolute atomic E-state index is 0.0361. The van der Waals surface area contributed by atoms with E-state index in [4.69, 9.17) is 18.9 Å². The van der Waals surface area contributed by atoms with Crippen molar-refractivity contribution < 1.29 is 42.9 Å². The highest BCUT2D eigenvalue weighted by Crippen LogP contribution is 2.49. The van der Waals surface area contributed by atoms with Crippen molar-refractivity contribution in [1.29, 1.82) is 0 Å². The molecule has 62 heavy (non-hydrogen) atoms. The summed E-state index contributed by atoms with van der Waals surface area (Å²) >= 11 is 0. The van der Waals surface area contributed by atoms with E-state index in [0.717, 1.165) is 16.0 Å². The molecule has 0 radical (unpaired) electrons. The molecule has 2 aliphatic rings. The van der Waals surface area contributed by atoms with Gasteiger partial charge in [0.1, 0.15) is 25.0 Å². The van der Waals surface area contributed by atoms with Gasteiger partial charge in [-0.05, 0) is 90.1 Å². The third kappa shape index (κ3) is 7.66. The number of rotatable bonds is 10. The SMILES string of the molecule is Cc1ccc(C(=O)OC[C@H]2O[C@@H](n3cnc4c(N5C(=O)C(C)(C)C(C)(C)C5=O)nc(OC(=O)N(c5ccccc5)c5ccccc5)nc43)C[C@@H]2OC(=O)c2ccc(C)cc2)cc1. The molecule has 2 saturated heterocycles. The van der Waals surface area contributed by atoms with Crippen molar-refractivity contribution in [2.45, 2.75) is 66.4 Å². The first-order valence-corrected chi connectivity index (χ1v) is 20.1. The van der Waals surface area contributed by atoms with Gasteiger partial charge in [0.2, 0.25) is 11.8 Å². The highest BCUT2D eigenvalue weighted by atomic mass is 16.6. The van der Waals surface area contributed by atoms with Gasteiger partial charge in [0, 0.05) is 6.42 Å². The molecule has 0 unspecified atom stereocenters. The summed E-state index contributed by atoms with van der Waals surface area (Å²) in [5.41, 5.74) is 1.34. The van der Waals surface area contributed by atoms with E-state index in [1.54, 1.807) is 125 Å². The molecule has 8 rings (SSSR count). The zero-order valence-corrected chi connectivity index (χ0v) is 35.0. The van der Waals surface area contributed by atoms with Crippen LogP contribution in [0.2, 0.25) is 0 Å². The number of ether oxygens (including phenoxy) is 4. The smallest absolute Gasteiger partial charge is 0.426 e. The molecular formula is C47H44N6O9. The first-order chi connectivity index (χ1) is 29.6. The van der Waals surface area contributed by atoms with E-state index in [2.05, 4.69) is 15.0 Å². The maximum Gasteiger partial charge on any atom is 0.426 e. The number of amides is 3. The number of imidazole rings is 1. The Morgan fingerprint density at radius 1 is 0.742 bits per heavy atom. The summed E-state index contributed by atoms with van der Waals surface area (Å²) in [6.45, 7) is 10.2. The average molecular weight is 837 g/mol. The van der Waals surface area contributed by atoms with Crippen LogP contribution in [0.3, 0.4) is 0 Å². The van der Waals surface area contributed by atoms with Gasteiger partial charge in [-0.2, -0.15) is 9.97 Å². The lowest BCUT2D eigenvalue weighted by molar-refractivity contribution is -0.129. The zero-order valence-electron chi connectivity index (χ0n) is 35.0. The molecule has 0 saturated carbocycles. The third-order valence-corrected chi connectivity index (χ3v) is 11.7. The van der Waals surface area contributed by atoms with Gasteiger partial charge >= 0.3 is 24.0 Å². The number of hydrogen-bond donors (Lipinski definition) is 0. The number of para-hydroxylation sites is 2. The number of anilines is 3. The van der Waals surface area contributed by atoms with Crippen LogP contribution >= 0.6 is 0 Å². The quantitative estimate of drug-likeness (QED) is 0.0961. The summed E-state index contributed by atoms with van der Waals surface area (Å²) in [5, 5.41) is 0. The molecular weight excluding hydrogens is 793 g/mol. The number of nitrogens with zero attached hydrogens (tertiary/aromatic N) is 6. The number of hydrogen-bond acceptors (Lipinski definition) is 12. The van der Waals surface area contributed by atoms with E-state index in [-0.39, 0.29) is 30.0 Å². The number of carbonyl (C=O) groups is 5. The number of aryl methyl sites for hydroxylation is 2. The van der Waals surface area contributed by atoms with Gasteiger partial charge in [-0.15, -0.1) is 0 Å². The standard InChI is InChI=1S/C47H44N6O9/c1-28-17-21-30(22-18-28)40(54)59-26-35-34(61-41(55)31-23-19-29(2)20-24-31)25-36(60-35)51-27-48-37-38(51)49-44(50-39(37)53-42(56)46(3,4)47(5,6)43(53)57)62-45(58)52(32-13-9-7-10-14-32)33-15-11-8-12-16-33/h7-24,27,34-36H,25-26H2,1-6H3/t34-,35+,36+/m0/s1. The van der Waals surface area contributed by atoms with E-state index in [9.17, 15) is 24.0 Å². The van der Waals surface area contributed by atoms with E-state index < -0.39 is 65.1 Å². The maximum absolute atomic E-state index is 14.2. The Morgan fingerprint density at radius 3 is 1.82 bits per heavy atom. The lowest BCUT2D eigenvalue weighted by Crippen LogP contribution is -2.35. The second kappa shape index (κ2) is 16.3. The van der Waals surface area contributed by atoms with Crippen LogP contribution in [0.1, 0.15) is 72.2 Å². The van der Waals surface area contributed by atoms with E-state index in [0.29, 0.717) is 22.5 Å². The van der Waals surface area contributed by atoms with Gasteiger partial charge in [-0.3, -0.25) is 14.2 Å². The van der Waals surface area contributed by atoms with Gasteiger partial charge in [0.25, 0.3) is 0 Å². The Morgan fingerprint density at radius 2 is 1.27 bits per heavy atom. The molecule has 15 nitrogen and oxygen atoms in total. The monoisotopic (exact) mass is 836 g/mol. The first-order valence-electron chi connectivity index (χ1n) is 20.1. The van der Waals surface area contributed by atoms with Crippen molar-refractivity contribution in [2.75, 3.05) is 16.4 Å². The van der Waals surface area contributed by atoms with Gasteiger partial charge < -0.3 is 18.9 Å². The molecule has 316 valence electrons. The average Bonchev–Trinajstić information content (AvgIpc) is 3.90. The van der Waals surface area contributed by atoms with Crippen LogP contribution in [0.4, 0.5) is 22.0 Å². The molecule has 0 spiro atoms. The van der Waals surface area contributed by atoms with Crippen LogP contribution in [0, 0.1) is 24.7 Å². The molecule has 3 atom stereocenters. The summed E-state index contributed by atoms with van der Waals surface area (Å²) in [4.78, 5) is 85.1. The van der Waals surface area contributed by atoms with Gasteiger partial charge in [-0.25, -0.2) is 29.2 Å². The fourth-order valence-corrected chi connectivity index (χ4v) is 7.28. The largest absolute Gasteiger partial charge is 0.459 e. The zero-order chi connectivity index (χ0) is 43.9. The van der Waals surface area contributed by atoms with Crippen LogP contribution < -0.4 is 14.5 Å². The van der Waals surface area contributed by atoms with Gasteiger partial charge in [0.15, 0.2) is 17.0 Å². The number of benzene rings is 4. The summed E-state index contributed by atoms with van der Waals surface area (Å²) in [6, 6.07) is 31.0. The van der Waals surface area contributed by atoms with Crippen molar-refractivity contribution in [1.82, 2.24) is 19.5 Å². The Kier molecular flexibility index (Phi) is 10.9. The fourth-order valence-electron chi connectivity index (χ4n) is 7.28. The minimum atomic E-state index is -1.15. The predicted octanol–water partition coefficient (Wildman–Crippen LogP) is 8.08. The second-order valence-corrected chi connectivity index (χ2v) is 16.4. The number of aromatic nitrogens is 4. The molecule has 3 amide bonds. The number of esters is 2. The molecule has 6 aromatic rings. The number of imide groups is 1. The Bertz CT molecular complexity index is 2620. The highest BCUT2D eigenvalue weighted by Gasteiger charge is 2.60. The summed E-state index contributed by atoms with van der Waals surface area (Å²) in [6.07, 6.45) is -2.28. The lowest BCUT2D eigenvalue weighted by atomic mass is 9.70. The molecule has 4 aromatic carbocycles. The third-order valence-electron chi connectivity index (χ3n) is 11.7. The number of carbonyl (C=O) groups excluding carboxylic acids is 5. The molecule has 4 heterocycles. The van der Waals surface area contributed by atoms with Crippen molar-refractivity contribution in [2.24, 2.45) is 10.8 Å².